The number of halogens is 1. The van der Waals surface area contributed by atoms with Crippen molar-refractivity contribution in [3.63, 3.8) is 0 Å². The summed E-state index contributed by atoms with van der Waals surface area (Å²) in [5, 5.41) is 12.9. The molecule has 0 bridgehead atoms. The number of rotatable bonds is 7. The van der Waals surface area contributed by atoms with Crippen LogP contribution in [0.3, 0.4) is 0 Å². The van der Waals surface area contributed by atoms with E-state index in [2.05, 4.69) is 5.32 Å². The molecule has 0 aromatic heterocycles. The molecule has 0 saturated heterocycles. The first kappa shape index (κ1) is 16.8. The molecule has 5 nitrogen and oxygen atoms in total. The van der Waals surface area contributed by atoms with E-state index >= 15 is 0 Å². The summed E-state index contributed by atoms with van der Waals surface area (Å²) in [6.45, 7) is 4.12. The number of hydrogen-bond acceptors (Lipinski definition) is 4. The number of amides is 1. The second-order valence-corrected chi connectivity index (χ2v) is 4.84. The second-order valence-electron chi connectivity index (χ2n) is 4.40. The number of aliphatic hydroxyl groups excluding tert-OH is 1. The van der Waals surface area contributed by atoms with Gasteiger partial charge in [-0.05, 0) is 32.0 Å². The molecule has 1 aromatic carbocycles. The van der Waals surface area contributed by atoms with E-state index in [1.807, 2.05) is 0 Å². The van der Waals surface area contributed by atoms with Crippen LogP contribution in [0.15, 0.2) is 18.2 Å². The van der Waals surface area contributed by atoms with E-state index in [4.69, 9.17) is 21.1 Å². The summed E-state index contributed by atoms with van der Waals surface area (Å²) in [6.07, 6.45) is -1.40. The SMILES string of the molecule is COCCNC(=O)C(C)Oc1ccc(Cl)cc1[C@H](C)O. The molecule has 6 heteroatoms. The highest BCUT2D eigenvalue weighted by atomic mass is 35.5. The molecule has 112 valence electrons. The molecule has 0 aliphatic carbocycles. The van der Waals surface area contributed by atoms with Gasteiger partial charge >= 0.3 is 0 Å². The minimum Gasteiger partial charge on any atom is -0.481 e. The molecular formula is C14H20ClNO4. The Morgan fingerprint density at radius 2 is 2.15 bits per heavy atom. The Morgan fingerprint density at radius 1 is 1.45 bits per heavy atom. The molecular weight excluding hydrogens is 282 g/mol. The fourth-order valence-corrected chi connectivity index (χ4v) is 1.80. The van der Waals surface area contributed by atoms with Crippen LogP contribution in [-0.2, 0) is 9.53 Å². The van der Waals surface area contributed by atoms with Crippen molar-refractivity contribution in [1.82, 2.24) is 5.32 Å². The minimum absolute atomic E-state index is 0.242. The molecule has 0 saturated carbocycles. The maximum absolute atomic E-state index is 11.8. The Kier molecular flexibility index (Phi) is 6.78. The molecule has 20 heavy (non-hydrogen) atoms. The Bertz CT molecular complexity index is 451. The lowest BCUT2D eigenvalue weighted by atomic mass is 10.1. The van der Waals surface area contributed by atoms with Crippen molar-refractivity contribution in [3.05, 3.63) is 28.8 Å². The average Bonchev–Trinajstić information content (AvgIpc) is 2.40. The van der Waals surface area contributed by atoms with E-state index in [0.717, 1.165) is 0 Å². The molecule has 2 N–H and O–H groups in total. The van der Waals surface area contributed by atoms with Crippen molar-refractivity contribution in [2.24, 2.45) is 0 Å². The van der Waals surface area contributed by atoms with Crippen LogP contribution in [-0.4, -0.2) is 37.4 Å². The van der Waals surface area contributed by atoms with E-state index in [9.17, 15) is 9.90 Å². The zero-order chi connectivity index (χ0) is 15.1. The zero-order valence-corrected chi connectivity index (χ0v) is 12.6. The summed E-state index contributed by atoms with van der Waals surface area (Å²) in [5.74, 6) is 0.201. The van der Waals surface area contributed by atoms with Crippen LogP contribution in [0.2, 0.25) is 5.02 Å². The van der Waals surface area contributed by atoms with E-state index in [1.54, 1.807) is 39.2 Å². The van der Waals surface area contributed by atoms with Crippen LogP contribution >= 0.6 is 11.6 Å². The Hall–Kier alpha value is -1.30. The van der Waals surface area contributed by atoms with Gasteiger partial charge in [0, 0.05) is 24.2 Å². The van der Waals surface area contributed by atoms with Crippen LogP contribution < -0.4 is 10.1 Å². The fourth-order valence-electron chi connectivity index (χ4n) is 1.62. The molecule has 0 fully saturated rings. The van der Waals surface area contributed by atoms with Crippen molar-refractivity contribution in [2.45, 2.75) is 26.1 Å². The predicted octanol–water partition coefficient (Wildman–Crippen LogP) is 1.92. The predicted molar refractivity (Wildman–Crippen MR) is 77.1 cm³/mol. The van der Waals surface area contributed by atoms with Gasteiger partial charge in [-0.1, -0.05) is 11.6 Å². The third-order valence-electron chi connectivity index (χ3n) is 2.70. The molecule has 1 rings (SSSR count). The summed E-state index contributed by atoms with van der Waals surface area (Å²) in [4.78, 5) is 11.8. The largest absolute Gasteiger partial charge is 0.481 e. The molecule has 0 radical (unpaired) electrons. The highest BCUT2D eigenvalue weighted by Crippen LogP contribution is 2.29. The maximum Gasteiger partial charge on any atom is 0.260 e. The molecule has 1 unspecified atom stereocenters. The molecule has 1 aromatic rings. The molecule has 1 amide bonds. The standard InChI is InChI=1S/C14H20ClNO4/c1-9(17)12-8-11(15)4-5-13(12)20-10(2)14(18)16-6-7-19-3/h4-5,8-10,17H,6-7H2,1-3H3,(H,16,18)/t9-,10?/m0/s1. The van der Waals surface area contributed by atoms with Gasteiger partial charge in [0.25, 0.3) is 5.91 Å². The van der Waals surface area contributed by atoms with Gasteiger partial charge in [0.05, 0.1) is 12.7 Å². The normalized spacial score (nSPS) is 13.7. The first-order valence-electron chi connectivity index (χ1n) is 6.36. The Balaban J connectivity index is 2.70. The number of methoxy groups -OCH3 is 1. The van der Waals surface area contributed by atoms with Gasteiger partial charge in [-0.25, -0.2) is 0 Å². The van der Waals surface area contributed by atoms with Gasteiger partial charge in [0.1, 0.15) is 5.75 Å². The number of nitrogens with one attached hydrogen (secondary N) is 1. The smallest absolute Gasteiger partial charge is 0.260 e. The molecule has 0 spiro atoms. The van der Waals surface area contributed by atoms with Crippen LogP contribution in [0.4, 0.5) is 0 Å². The average molecular weight is 302 g/mol. The third-order valence-corrected chi connectivity index (χ3v) is 2.94. The number of aliphatic hydroxyl groups is 1. The summed E-state index contributed by atoms with van der Waals surface area (Å²) >= 11 is 5.88. The molecule has 0 heterocycles. The number of hydrogen-bond donors (Lipinski definition) is 2. The van der Waals surface area contributed by atoms with Crippen LogP contribution in [0.5, 0.6) is 5.75 Å². The van der Waals surface area contributed by atoms with E-state index in [1.165, 1.54) is 0 Å². The summed E-state index contributed by atoms with van der Waals surface area (Å²) in [7, 11) is 1.56. The molecule has 2 atom stereocenters. The van der Waals surface area contributed by atoms with Crippen LogP contribution in [0, 0.1) is 0 Å². The van der Waals surface area contributed by atoms with E-state index < -0.39 is 12.2 Å². The van der Waals surface area contributed by atoms with Crippen molar-refractivity contribution in [3.8, 4) is 5.75 Å². The summed E-state index contributed by atoms with van der Waals surface area (Å²) in [6, 6.07) is 4.92. The number of carbonyl (C=O) groups is 1. The van der Waals surface area contributed by atoms with Gasteiger partial charge in [-0.3, -0.25) is 4.79 Å². The first-order valence-corrected chi connectivity index (χ1v) is 6.74. The summed E-state index contributed by atoms with van der Waals surface area (Å²) in [5.41, 5.74) is 0.550. The van der Waals surface area contributed by atoms with Crippen molar-refractivity contribution < 1.29 is 19.4 Å². The van der Waals surface area contributed by atoms with E-state index in [-0.39, 0.29) is 5.91 Å². The van der Waals surface area contributed by atoms with Gasteiger partial charge in [0.2, 0.25) is 0 Å². The zero-order valence-electron chi connectivity index (χ0n) is 11.9. The Morgan fingerprint density at radius 3 is 2.75 bits per heavy atom. The lowest BCUT2D eigenvalue weighted by Crippen LogP contribution is -2.38. The third kappa shape index (κ3) is 5.00. The summed E-state index contributed by atoms with van der Waals surface area (Å²) < 4.78 is 10.4. The van der Waals surface area contributed by atoms with Gasteiger partial charge in [-0.2, -0.15) is 0 Å². The van der Waals surface area contributed by atoms with Crippen LogP contribution in [0.1, 0.15) is 25.5 Å². The van der Waals surface area contributed by atoms with Crippen molar-refractivity contribution in [2.75, 3.05) is 20.3 Å². The fraction of sp³-hybridized carbons (Fsp3) is 0.500. The number of benzene rings is 1. The lowest BCUT2D eigenvalue weighted by molar-refractivity contribution is -0.127. The highest BCUT2D eigenvalue weighted by Gasteiger charge is 2.17. The number of carbonyl (C=O) groups excluding carboxylic acids is 1. The highest BCUT2D eigenvalue weighted by molar-refractivity contribution is 6.30. The monoisotopic (exact) mass is 301 g/mol. The quantitative estimate of drug-likeness (QED) is 0.755. The van der Waals surface area contributed by atoms with Crippen LogP contribution in [0.25, 0.3) is 0 Å². The molecule has 0 aliphatic rings. The first-order chi connectivity index (χ1) is 9.45. The van der Waals surface area contributed by atoms with Gasteiger partial charge < -0.3 is 19.9 Å². The maximum atomic E-state index is 11.8. The topological polar surface area (TPSA) is 67.8 Å². The second kappa shape index (κ2) is 8.09. The number of ether oxygens (including phenoxy) is 2. The lowest BCUT2D eigenvalue weighted by Gasteiger charge is -2.18. The van der Waals surface area contributed by atoms with Crippen molar-refractivity contribution >= 4 is 17.5 Å². The van der Waals surface area contributed by atoms with Crippen molar-refractivity contribution in [1.29, 1.82) is 0 Å². The minimum atomic E-state index is -0.729. The van der Waals surface area contributed by atoms with E-state index in [0.29, 0.717) is 29.5 Å². The van der Waals surface area contributed by atoms with Gasteiger partial charge in [0.15, 0.2) is 6.10 Å². The molecule has 0 aliphatic heterocycles. The Labute approximate surface area is 123 Å². The van der Waals surface area contributed by atoms with Gasteiger partial charge in [-0.15, -0.1) is 0 Å².